The molecular formula is C8H16N2O3. The molecule has 0 rings (SSSR count). The summed E-state index contributed by atoms with van der Waals surface area (Å²) in [6.07, 6.45) is 0.722. The highest BCUT2D eigenvalue weighted by Crippen LogP contribution is 2.12. The van der Waals surface area contributed by atoms with Gasteiger partial charge >= 0.3 is 5.97 Å². The van der Waals surface area contributed by atoms with Gasteiger partial charge in [0.15, 0.2) is 0 Å². The number of nitrogens with two attached hydrogens (primary N) is 2. The van der Waals surface area contributed by atoms with E-state index in [1.807, 2.05) is 0 Å². The van der Waals surface area contributed by atoms with Gasteiger partial charge < -0.3 is 16.6 Å². The van der Waals surface area contributed by atoms with Crippen LogP contribution in [0.4, 0.5) is 0 Å². The lowest BCUT2D eigenvalue weighted by atomic mass is 9.92. The van der Waals surface area contributed by atoms with E-state index in [0.29, 0.717) is 6.42 Å². The van der Waals surface area contributed by atoms with E-state index in [-0.39, 0.29) is 24.7 Å². The number of carboxylic acid groups (broad SMARTS) is 1. The van der Waals surface area contributed by atoms with Crippen LogP contribution in [-0.2, 0) is 9.59 Å². The molecule has 0 aliphatic carbocycles. The number of hydrogen-bond donors (Lipinski definition) is 3. The number of carbonyl (C=O) groups is 2. The van der Waals surface area contributed by atoms with Gasteiger partial charge in [0.1, 0.15) is 11.8 Å². The summed E-state index contributed by atoms with van der Waals surface area (Å²) < 4.78 is 0. The van der Waals surface area contributed by atoms with Gasteiger partial charge in [-0.3, -0.25) is 9.59 Å². The first-order valence-electron chi connectivity index (χ1n) is 4.23. The lowest BCUT2D eigenvalue weighted by molar-refractivity contribution is -0.140. The van der Waals surface area contributed by atoms with Crippen LogP contribution in [0.15, 0.2) is 0 Å². The van der Waals surface area contributed by atoms with Crippen molar-refractivity contribution in [3.63, 3.8) is 0 Å². The monoisotopic (exact) mass is 188 g/mol. The van der Waals surface area contributed by atoms with Crippen molar-refractivity contribution in [2.45, 2.75) is 25.8 Å². The van der Waals surface area contributed by atoms with Crippen LogP contribution in [0.3, 0.4) is 0 Å². The maximum absolute atomic E-state index is 10.9. The van der Waals surface area contributed by atoms with Crippen molar-refractivity contribution >= 4 is 11.8 Å². The van der Waals surface area contributed by atoms with Gasteiger partial charge in [-0.2, -0.15) is 0 Å². The molecule has 0 saturated carbocycles. The van der Waals surface area contributed by atoms with Gasteiger partial charge in [-0.05, 0) is 5.92 Å². The Morgan fingerprint density at radius 1 is 1.46 bits per heavy atom. The Morgan fingerprint density at radius 3 is 2.31 bits per heavy atom. The molecular weight excluding hydrogens is 172 g/mol. The fraction of sp³-hybridized carbons (Fsp3) is 0.750. The summed E-state index contributed by atoms with van der Waals surface area (Å²) in [7, 11) is 0. The average Bonchev–Trinajstić information content (AvgIpc) is 2.12. The average molecular weight is 188 g/mol. The number of hydrogen-bond acceptors (Lipinski definition) is 4. The quantitative estimate of drug-likeness (QED) is 0.513. The highest BCUT2D eigenvalue weighted by Gasteiger charge is 2.24. The van der Waals surface area contributed by atoms with E-state index in [1.54, 1.807) is 6.92 Å². The molecule has 5 nitrogen and oxygen atoms in total. The molecule has 0 amide bonds. The number of aliphatic carboxylic acids is 1. The molecule has 0 aromatic rings. The summed E-state index contributed by atoms with van der Waals surface area (Å²) in [5.41, 5.74) is 10.5. The molecule has 0 fully saturated rings. The maximum atomic E-state index is 10.9. The smallest absolute Gasteiger partial charge is 0.320 e. The van der Waals surface area contributed by atoms with Crippen LogP contribution in [0, 0.1) is 5.92 Å². The fourth-order valence-electron chi connectivity index (χ4n) is 1.10. The summed E-state index contributed by atoms with van der Waals surface area (Å²) in [5.74, 6) is -1.53. The zero-order valence-electron chi connectivity index (χ0n) is 7.69. The molecule has 0 radical (unpaired) electrons. The van der Waals surface area contributed by atoms with Crippen LogP contribution in [0.1, 0.15) is 19.8 Å². The Bertz CT molecular complexity index is 194. The molecule has 0 heterocycles. The van der Waals surface area contributed by atoms with Crippen molar-refractivity contribution in [2.24, 2.45) is 17.4 Å². The van der Waals surface area contributed by atoms with E-state index in [0.717, 1.165) is 0 Å². The topological polar surface area (TPSA) is 106 Å². The van der Waals surface area contributed by atoms with E-state index in [2.05, 4.69) is 0 Å². The third kappa shape index (κ3) is 4.00. The van der Waals surface area contributed by atoms with Crippen molar-refractivity contribution in [2.75, 3.05) is 6.54 Å². The summed E-state index contributed by atoms with van der Waals surface area (Å²) in [6.45, 7) is 1.75. The number of carboxylic acids is 1. The highest BCUT2D eigenvalue weighted by atomic mass is 16.4. The summed E-state index contributed by atoms with van der Waals surface area (Å²) in [5, 5.41) is 8.60. The molecule has 2 atom stereocenters. The van der Waals surface area contributed by atoms with Crippen molar-refractivity contribution < 1.29 is 14.7 Å². The van der Waals surface area contributed by atoms with Crippen LogP contribution in [0.2, 0.25) is 0 Å². The predicted molar refractivity (Wildman–Crippen MR) is 48.1 cm³/mol. The Balaban J connectivity index is 4.17. The van der Waals surface area contributed by atoms with E-state index in [1.165, 1.54) is 0 Å². The van der Waals surface area contributed by atoms with E-state index in [4.69, 9.17) is 16.6 Å². The van der Waals surface area contributed by atoms with Gasteiger partial charge in [0.05, 0.1) is 6.54 Å². The second-order valence-corrected chi connectivity index (χ2v) is 2.98. The molecule has 0 saturated heterocycles. The molecule has 0 aromatic carbocycles. The third-order valence-corrected chi connectivity index (χ3v) is 2.03. The summed E-state index contributed by atoms with van der Waals surface area (Å²) >= 11 is 0. The number of rotatable bonds is 6. The zero-order valence-corrected chi connectivity index (χ0v) is 7.69. The molecule has 0 aromatic heterocycles. The van der Waals surface area contributed by atoms with Crippen LogP contribution < -0.4 is 11.5 Å². The molecule has 0 aliphatic heterocycles. The Labute approximate surface area is 77.1 Å². The largest absolute Gasteiger partial charge is 0.480 e. The van der Waals surface area contributed by atoms with Crippen molar-refractivity contribution in [3.05, 3.63) is 0 Å². The van der Waals surface area contributed by atoms with Crippen LogP contribution in [-0.4, -0.2) is 29.4 Å². The van der Waals surface area contributed by atoms with Gasteiger partial charge in [-0.15, -0.1) is 0 Å². The SMILES string of the molecule is CCC(CC(=O)CN)[C@@H](N)C(=O)O. The number of carbonyl (C=O) groups excluding carboxylic acids is 1. The number of ketones is 1. The first-order chi connectivity index (χ1) is 6.02. The minimum absolute atomic E-state index is 0.0527. The van der Waals surface area contributed by atoms with Crippen molar-refractivity contribution in [1.29, 1.82) is 0 Å². The third-order valence-electron chi connectivity index (χ3n) is 2.03. The Morgan fingerprint density at radius 2 is 2.00 bits per heavy atom. The summed E-state index contributed by atoms with van der Waals surface area (Å²) in [6, 6.07) is -0.972. The van der Waals surface area contributed by atoms with Crippen LogP contribution >= 0.6 is 0 Å². The highest BCUT2D eigenvalue weighted by molar-refractivity contribution is 5.82. The predicted octanol–water partition coefficient (Wildman–Crippen LogP) is -0.658. The van der Waals surface area contributed by atoms with Gasteiger partial charge in [0, 0.05) is 6.42 Å². The standard InChI is InChI=1S/C8H16N2O3/c1-2-5(3-6(11)4-9)7(10)8(12)13/h5,7H,2-4,9-10H2,1H3,(H,12,13)/t5?,7-/m1/s1. The molecule has 1 unspecified atom stereocenters. The minimum Gasteiger partial charge on any atom is -0.480 e. The van der Waals surface area contributed by atoms with E-state index in [9.17, 15) is 9.59 Å². The van der Waals surface area contributed by atoms with Crippen LogP contribution in [0.25, 0.3) is 0 Å². The van der Waals surface area contributed by atoms with Crippen molar-refractivity contribution in [1.82, 2.24) is 0 Å². The van der Waals surface area contributed by atoms with Gasteiger partial charge in [0.25, 0.3) is 0 Å². The van der Waals surface area contributed by atoms with Crippen LogP contribution in [0.5, 0.6) is 0 Å². The Hall–Kier alpha value is -0.940. The first kappa shape index (κ1) is 12.1. The van der Waals surface area contributed by atoms with Gasteiger partial charge in [-0.1, -0.05) is 13.3 Å². The van der Waals surface area contributed by atoms with E-state index >= 15 is 0 Å². The van der Waals surface area contributed by atoms with Crippen molar-refractivity contribution in [3.8, 4) is 0 Å². The second-order valence-electron chi connectivity index (χ2n) is 2.98. The molecule has 13 heavy (non-hydrogen) atoms. The van der Waals surface area contributed by atoms with E-state index < -0.39 is 12.0 Å². The molecule has 0 spiro atoms. The molecule has 76 valence electrons. The molecule has 0 aliphatic rings. The maximum Gasteiger partial charge on any atom is 0.320 e. The Kier molecular flexibility index (Phi) is 5.25. The second kappa shape index (κ2) is 5.66. The summed E-state index contributed by atoms with van der Waals surface area (Å²) in [4.78, 5) is 21.4. The first-order valence-corrected chi connectivity index (χ1v) is 4.23. The molecule has 5 heteroatoms. The fourth-order valence-corrected chi connectivity index (χ4v) is 1.10. The lowest BCUT2D eigenvalue weighted by Gasteiger charge is -2.17. The minimum atomic E-state index is -1.07. The van der Waals surface area contributed by atoms with Gasteiger partial charge in [0.2, 0.25) is 0 Å². The normalized spacial score (nSPS) is 15.0. The molecule has 0 bridgehead atoms. The lowest BCUT2D eigenvalue weighted by Crippen LogP contribution is -2.39. The molecule has 5 N–H and O–H groups in total. The zero-order chi connectivity index (χ0) is 10.4. The number of Topliss-reactive ketones (excluding diaryl/α,β-unsaturated/α-hetero) is 1. The van der Waals surface area contributed by atoms with Gasteiger partial charge in [-0.25, -0.2) is 0 Å².